The van der Waals surface area contributed by atoms with Crippen molar-refractivity contribution in [3.8, 4) is 0 Å². The van der Waals surface area contributed by atoms with Crippen molar-refractivity contribution >= 4 is 23.0 Å². The van der Waals surface area contributed by atoms with E-state index in [1.165, 1.54) is 0 Å². The first-order valence-electron chi connectivity index (χ1n) is 4.71. The van der Waals surface area contributed by atoms with Crippen molar-refractivity contribution in [1.29, 1.82) is 0 Å². The average Bonchev–Trinajstić information content (AvgIpc) is 2.61. The maximum absolute atomic E-state index is 11.0. The minimum absolute atomic E-state index is 0.0711. The second-order valence-electron chi connectivity index (χ2n) is 3.54. The molecule has 0 atom stereocenters. The van der Waals surface area contributed by atoms with Crippen molar-refractivity contribution in [2.45, 2.75) is 6.42 Å². The number of rotatable bonds is 1. The zero-order chi connectivity index (χ0) is 10.4. The summed E-state index contributed by atoms with van der Waals surface area (Å²) in [6.07, 6.45) is 4.58. The lowest BCUT2D eigenvalue weighted by Gasteiger charge is -2.04. The minimum Gasteiger partial charge on any atom is -0.475 e. The average molecular weight is 200 g/mol. The molecule has 1 aliphatic rings. The van der Waals surface area contributed by atoms with Crippen molar-refractivity contribution in [3.05, 3.63) is 41.2 Å². The van der Waals surface area contributed by atoms with E-state index in [0.29, 0.717) is 12.0 Å². The van der Waals surface area contributed by atoms with Gasteiger partial charge in [-0.1, -0.05) is 24.3 Å². The molecule has 3 rings (SSSR count). The summed E-state index contributed by atoms with van der Waals surface area (Å²) in [5.41, 5.74) is 2.48. The van der Waals surface area contributed by atoms with Crippen molar-refractivity contribution < 1.29 is 14.3 Å². The van der Waals surface area contributed by atoms with E-state index >= 15 is 0 Å². The van der Waals surface area contributed by atoms with Gasteiger partial charge < -0.3 is 9.52 Å². The van der Waals surface area contributed by atoms with Crippen LogP contribution in [0.5, 0.6) is 0 Å². The van der Waals surface area contributed by atoms with Crippen LogP contribution in [0.4, 0.5) is 0 Å². The molecule has 0 saturated heterocycles. The molecule has 1 N–H and O–H groups in total. The Morgan fingerprint density at radius 2 is 2.27 bits per heavy atom. The highest BCUT2D eigenvalue weighted by Gasteiger charge is 2.21. The van der Waals surface area contributed by atoms with E-state index < -0.39 is 5.97 Å². The van der Waals surface area contributed by atoms with E-state index in [2.05, 4.69) is 0 Å². The van der Waals surface area contributed by atoms with Crippen LogP contribution in [0.2, 0.25) is 0 Å². The van der Waals surface area contributed by atoms with Crippen molar-refractivity contribution in [3.63, 3.8) is 0 Å². The first kappa shape index (κ1) is 8.29. The summed E-state index contributed by atoms with van der Waals surface area (Å²) >= 11 is 0. The van der Waals surface area contributed by atoms with E-state index in [9.17, 15) is 4.79 Å². The van der Waals surface area contributed by atoms with Gasteiger partial charge in [0, 0.05) is 10.9 Å². The lowest BCUT2D eigenvalue weighted by Crippen LogP contribution is -1.99. The van der Waals surface area contributed by atoms with Crippen LogP contribution in [-0.4, -0.2) is 11.1 Å². The van der Waals surface area contributed by atoms with Crippen molar-refractivity contribution in [2.75, 3.05) is 0 Å². The summed E-state index contributed by atoms with van der Waals surface area (Å²) in [5.74, 6) is -0.927. The molecule has 15 heavy (non-hydrogen) atoms. The maximum Gasteiger partial charge on any atom is 0.372 e. The van der Waals surface area contributed by atoms with Gasteiger partial charge in [-0.3, -0.25) is 0 Å². The fraction of sp³-hybridized carbons (Fsp3) is 0.0833. The van der Waals surface area contributed by atoms with Gasteiger partial charge in [-0.05, 0) is 18.1 Å². The largest absolute Gasteiger partial charge is 0.475 e. The molecule has 2 aromatic rings. The van der Waals surface area contributed by atoms with E-state index in [-0.39, 0.29) is 5.76 Å². The van der Waals surface area contributed by atoms with Gasteiger partial charge in [-0.25, -0.2) is 4.79 Å². The Morgan fingerprint density at radius 3 is 3.07 bits per heavy atom. The smallest absolute Gasteiger partial charge is 0.372 e. The minimum atomic E-state index is -0.998. The molecule has 1 aliphatic carbocycles. The number of carboxylic acid groups (broad SMARTS) is 1. The summed E-state index contributed by atoms with van der Waals surface area (Å²) in [5, 5.41) is 9.94. The fourth-order valence-corrected chi connectivity index (χ4v) is 2.05. The molecular weight excluding hydrogens is 192 g/mol. The quantitative estimate of drug-likeness (QED) is 0.769. The second-order valence-corrected chi connectivity index (χ2v) is 3.54. The van der Waals surface area contributed by atoms with Crippen LogP contribution in [0.3, 0.4) is 0 Å². The molecule has 74 valence electrons. The molecular formula is C12H8O3. The van der Waals surface area contributed by atoms with Gasteiger partial charge >= 0.3 is 5.97 Å². The Balaban J connectivity index is 2.47. The standard InChI is InChI=1S/C12H8O3/c13-12(14)11-8-5-1-3-7-4-2-6-9(15-11)10(7)8/h1-4,6H,5H2,(H,13,14). The third-order valence-corrected chi connectivity index (χ3v) is 2.66. The van der Waals surface area contributed by atoms with E-state index in [1.54, 1.807) is 6.07 Å². The number of carbonyl (C=O) groups is 1. The highest BCUT2D eigenvalue weighted by Crippen LogP contribution is 2.33. The number of hydrogen-bond acceptors (Lipinski definition) is 2. The van der Waals surface area contributed by atoms with Crippen LogP contribution in [-0.2, 0) is 6.42 Å². The van der Waals surface area contributed by atoms with Crippen molar-refractivity contribution in [1.82, 2.24) is 0 Å². The molecule has 0 spiro atoms. The molecule has 1 aromatic carbocycles. The van der Waals surface area contributed by atoms with E-state index in [4.69, 9.17) is 9.52 Å². The molecule has 0 saturated carbocycles. The molecule has 0 fully saturated rings. The van der Waals surface area contributed by atoms with Crippen LogP contribution < -0.4 is 0 Å². The second kappa shape index (κ2) is 2.73. The SMILES string of the molecule is O=C(O)c1oc2cccc3c2c1CC=C3. The van der Waals surface area contributed by atoms with Crippen molar-refractivity contribution in [2.24, 2.45) is 0 Å². The third-order valence-electron chi connectivity index (χ3n) is 2.66. The molecule has 0 unspecified atom stereocenters. The maximum atomic E-state index is 11.0. The Morgan fingerprint density at radius 1 is 1.40 bits per heavy atom. The van der Waals surface area contributed by atoms with Gasteiger partial charge in [0.25, 0.3) is 0 Å². The highest BCUT2D eigenvalue weighted by atomic mass is 16.4. The summed E-state index contributed by atoms with van der Waals surface area (Å²) in [6.45, 7) is 0. The molecule has 3 heteroatoms. The normalized spacial score (nSPS) is 13.3. The van der Waals surface area contributed by atoms with Crippen LogP contribution in [0, 0.1) is 0 Å². The predicted octanol–water partition coefficient (Wildman–Crippen LogP) is 2.70. The third kappa shape index (κ3) is 1.03. The van der Waals surface area contributed by atoms with Crippen LogP contribution in [0.15, 0.2) is 28.7 Å². The van der Waals surface area contributed by atoms with Gasteiger partial charge in [0.2, 0.25) is 5.76 Å². The molecule has 3 nitrogen and oxygen atoms in total. The van der Waals surface area contributed by atoms with Gasteiger partial charge in [0.05, 0.1) is 0 Å². The molecule has 0 amide bonds. The summed E-state index contributed by atoms with van der Waals surface area (Å²) in [4.78, 5) is 11.0. The Labute approximate surface area is 85.6 Å². The Kier molecular flexibility index (Phi) is 1.51. The van der Waals surface area contributed by atoms with E-state index in [1.807, 2.05) is 24.3 Å². The van der Waals surface area contributed by atoms with Gasteiger partial charge in [-0.15, -0.1) is 0 Å². The number of allylic oxidation sites excluding steroid dienone is 1. The number of carboxylic acids is 1. The zero-order valence-corrected chi connectivity index (χ0v) is 7.86. The number of furan rings is 1. The summed E-state index contributed by atoms with van der Waals surface area (Å²) < 4.78 is 5.33. The van der Waals surface area contributed by atoms with Gasteiger partial charge in [0.1, 0.15) is 5.58 Å². The first-order chi connectivity index (χ1) is 7.27. The number of benzene rings is 1. The zero-order valence-electron chi connectivity index (χ0n) is 7.86. The molecule has 0 aliphatic heterocycles. The number of hydrogen-bond donors (Lipinski definition) is 1. The monoisotopic (exact) mass is 200 g/mol. The topological polar surface area (TPSA) is 50.4 Å². The molecule has 0 bridgehead atoms. The Hall–Kier alpha value is -2.03. The lowest BCUT2D eigenvalue weighted by molar-refractivity contribution is 0.0663. The Bertz CT molecular complexity index is 590. The fourth-order valence-electron chi connectivity index (χ4n) is 2.05. The highest BCUT2D eigenvalue weighted by molar-refractivity contribution is 6.00. The first-order valence-corrected chi connectivity index (χ1v) is 4.71. The molecule has 0 radical (unpaired) electrons. The summed E-state index contributed by atoms with van der Waals surface area (Å²) in [6, 6.07) is 5.63. The number of aromatic carboxylic acids is 1. The van der Waals surface area contributed by atoms with Crippen LogP contribution in [0.1, 0.15) is 21.7 Å². The predicted molar refractivity (Wildman–Crippen MR) is 55.9 cm³/mol. The molecule has 1 heterocycles. The van der Waals surface area contributed by atoms with E-state index in [0.717, 1.165) is 16.5 Å². The van der Waals surface area contributed by atoms with Crippen LogP contribution >= 0.6 is 0 Å². The summed E-state index contributed by atoms with van der Waals surface area (Å²) in [7, 11) is 0. The van der Waals surface area contributed by atoms with Gasteiger partial charge in [-0.2, -0.15) is 0 Å². The molecule has 1 aromatic heterocycles. The lowest BCUT2D eigenvalue weighted by atomic mass is 9.97. The van der Waals surface area contributed by atoms with Gasteiger partial charge in [0.15, 0.2) is 0 Å². The van der Waals surface area contributed by atoms with Crippen LogP contribution in [0.25, 0.3) is 17.0 Å².